The summed E-state index contributed by atoms with van der Waals surface area (Å²) in [6.07, 6.45) is 0. The fourth-order valence-electron chi connectivity index (χ4n) is 3.24. The minimum absolute atomic E-state index is 0.0163. The van der Waals surface area contributed by atoms with Gasteiger partial charge in [0.25, 0.3) is 0 Å². The van der Waals surface area contributed by atoms with Crippen LogP contribution in [0.25, 0.3) is 0 Å². The van der Waals surface area contributed by atoms with Gasteiger partial charge < -0.3 is 10.2 Å². The van der Waals surface area contributed by atoms with Gasteiger partial charge in [0.2, 0.25) is 0 Å². The first-order valence-electron chi connectivity index (χ1n) is 9.32. The van der Waals surface area contributed by atoms with Crippen LogP contribution >= 0.6 is 0 Å². The smallest absolute Gasteiger partial charge is 0.147 e. The molecule has 2 aromatic rings. The number of hydrogen-bond donors (Lipinski definition) is 2. The monoisotopic (exact) mass is 354 g/mol. The van der Waals surface area contributed by atoms with Crippen LogP contribution in [0.4, 0.5) is 0 Å². The van der Waals surface area contributed by atoms with Crippen molar-refractivity contribution in [3.05, 3.63) is 58.7 Å². The van der Waals surface area contributed by atoms with Gasteiger partial charge in [-0.25, -0.2) is 0 Å². The van der Waals surface area contributed by atoms with Crippen molar-refractivity contribution in [1.29, 1.82) is 0 Å². The fourth-order valence-corrected chi connectivity index (χ4v) is 3.24. The molecule has 140 valence electrons. The Kier molecular flexibility index (Phi) is 6.12. The van der Waals surface area contributed by atoms with Gasteiger partial charge in [0.1, 0.15) is 17.3 Å². The van der Waals surface area contributed by atoms with Gasteiger partial charge >= 0.3 is 0 Å². The lowest BCUT2D eigenvalue weighted by Gasteiger charge is -2.21. The number of phenols is 2. The maximum Gasteiger partial charge on any atom is 0.147 e. The standard InChI is InChI=1S/C23H30O3/c1-13(2)17-7-9-21(24)19(11-17)15(5)23(26)16(6)20-12-18(14(3)4)8-10-22(20)25/h7-16,24-25H,1-6H3. The molecule has 26 heavy (non-hydrogen) atoms. The first-order chi connectivity index (χ1) is 12.1. The lowest BCUT2D eigenvalue weighted by Crippen LogP contribution is -2.17. The summed E-state index contributed by atoms with van der Waals surface area (Å²) < 4.78 is 0. The van der Waals surface area contributed by atoms with Crippen molar-refractivity contribution in [2.75, 3.05) is 0 Å². The normalized spacial score (nSPS) is 13.8. The molecule has 3 heteroatoms. The number of carbonyl (C=O) groups excluding carboxylic acids is 1. The molecule has 2 N–H and O–H groups in total. The highest BCUT2D eigenvalue weighted by Crippen LogP contribution is 2.36. The van der Waals surface area contributed by atoms with E-state index in [0.29, 0.717) is 23.0 Å². The quantitative estimate of drug-likeness (QED) is 0.687. The van der Waals surface area contributed by atoms with Crippen LogP contribution in [0.15, 0.2) is 36.4 Å². The van der Waals surface area contributed by atoms with Crippen molar-refractivity contribution in [2.24, 2.45) is 0 Å². The number of aromatic hydroxyl groups is 2. The molecule has 0 aromatic heterocycles. The van der Waals surface area contributed by atoms with Crippen molar-refractivity contribution in [3.8, 4) is 11.5 Å². The third-order valence-corrected chi connectivity index (χ3v) is 5.22. The van der Waals surface area contributed by atoms with E-state index >= 15 is 0 Å². The number of hydrogen-bond acceptors (Lipinski definition) is 3. The molecule has 3 nitrogen and oxygen atoms in total. The maximum absolute atomic E-state index is 13.1. The lowest BCUT2D eigenvalue weighted by atomic mass is 9.83. The van der Waals surface area contributed by atoms with Crippen molar-refractivity contribution < 1.29 is 15.0 Å². The number of phenolic OH excluding ortho intramolecular Hbond substituents is 2. The summed E-state index contributed by atoms with van der Waals surface area (Å²) in [5, 5.41) is 20.5. The summed E-state index contributed by atoms with van der Waals surface area (Å²) >= 11 is 0. The largest absolute Gasteiger partial charge is 0.508 e. The van der Waals surface area contributed by atoms with Crippen LogP contribution in [0.5, 0.6) is 11.5 Å². The Labute approximate surface area is 156 Å². The van der Waals surface area contributed by atoms with E-state index in [2.05, 4.69) is 27.7 Å². The maximum atomic E-state index is 13.1. The van der Waals surface area contributed by atoms with Crippen LogP contribution in [0.3, 0.4) is 0 Å². The van der Waals surface area contributed by atoms with E-state index in [1.807, 2.05) is 38.1 Å². The number of carbonyl (C=O) groups is 1. The highest BCUT2D eigenvalue weighted by molar-refractivity contribution is 5.92. The summed E-state index contributed by atoms with van der Waals surface area (Å²) in [6.45, 7) is 12.0. The number of ketones is 1. The molecular weight excluding hydrogens is 324 g/mol. The van der Waals surface area contributed by atoms with Gasteiger partial charge in [-0.3, -0.25) is 4.79 Å². The zero-order valence-electron chi connectivity index (χ0n) is 16.6. The minimum Gasteiger partial charge on any atom is -0.508 e. The molecule has 0 heterocycles. The van der Waals surface area contributed by atoms with E-state index in [9.17, 15) is 15.0 Å². The predicted molar refractivity (Wildman–Crippen MR) is 106 cm³/mol. The van der Waals surface area contributed by atoms with Crippen molar-refractivity contribution in [3.63, 3.8) is 0 Å². The van der Waals surface area contributed by atoms with E-state index in [1.165, 1.54) is 0 Å². The molecule has 0 saturated heterocycles. The van der Waals surface area contributed by atoms with Gasteiger partial charge in [0.15, 0.2) is 0 Å². The molecule has 2 aromatic carbocycles. The molecule has 0 amide bonds. The fraction of sp³-hybridized carbons (Fsp3) is 0.435. The third-order valence-electron chi connectivity index (χ3n) is 5.22. The first-order valence-corrected chi connectivity index (χ1v) is 9.32. The Morgan fingerprint density at radius 1 is 0.692 bits per heavy atom. The second-order valence-electron chi connectivity index (χ2n) is 7.79. The van der Waals surface area contributed by atoms with Crippen LogP contribution < -0.4 is 0 Å². The molecule has 2 unspecified atom stereocenters. The molecular formula is C23H30O3. The van der Waals surface area contributed by atoms with Gasteiger partial charge in [0, 0.05) is 23.0 Å². The van der Waals surface area contributed by atoms with Gasteiger partial charge in [-0.05, 0) is 35.1 Å². The second kappa shape index (κ2) is 7.94. The molecule has 0 aliphatic heterocycles. The summed E-state index contributed by atoms with van der Waals surface area (Å²) in [4.78, 5) is 13.1. The zero-order valence-corrected chi connectivity index (χ0v) is 16.6. The Balaban J connectivity index is 2.37. The first kappa shape index (κ1) is 20.0. The van der Waals surface area contributed by atoms with Crippen LogP contribution in [-0.4, -0.2) is 16.0 Å². The van der Waals surface area contributed by atoms with E-state index in [1.54, 1.807) is 12.1 Å². The van der Waals surface area contributed by atoms with Crippen molar-refractivity contribution in [2.45, 2.75) is 65.2 Å². The van der Waals surface area contributed by atoms with Crippen LogP contribution in [0, 0.1) is 0 Å². The van der Waals surface area contributed by atoms with Gasteiger partial charge in [-0.2, -0.15) is 0 Å². The Morgan fingerprint density at radius 3 is 1.35 bits per heavy atom. The lowest BCUT2D eigenvalue weighted by molar-refractivity contribution is -0.121. The van der Waals surface area contributed by atoms with Crippen LogP contribution in [-0.2, 0) is 4.79 Å². The highest BCUT2D eigenvalue weighted by Gasteiger charge is 2.27. The van der Waals surface area contributed by atoms with Crippen molar-refractivity contribution >= 4 is 5.78 Å². The molecule has 0 aliphatic rings. The minimum atomic E-state index is -0.453. The van der Waals surface area contributed by atoms with Crippen molar-refractivity contribution in [1.82, 2.24) is 0 Å². The Morgan fingerprint density at radius 2 is 1.04 bits per heavy atom. The van der Waals surface area contributed by atoms with Gasteiger partial charge in [-0.1, -0.05) is 65.8 Å². The summed E-state index contributed by atoms with van der Waals surface area (Å²) in [7, 11) is 0. The third kappa shape index (κ3) is 4.09. The molecule has 2 rings (SSSR count). The Bertz CT molecular complexity index is 725. The average molecular weight is 354 g/mol. The zero-order chi connectivity index (χ0) is 19.6. The SMILES string of the molecule is CC(C)c1ccc(O)c(C(C)C(=O)C(C)c2cc(C(C)C)ccc2O)c1. The van der Waals surface area contributed by atoms with Gasteiger partial charge in [-0.15, -0.1) is 0 Å². The number of benzene rings is 2. The van der Waals surface area contributed by atoms with Gasteiger partial charge in [0.05, 0.1) is 0 Å². The molecule has 0 fully saturated rings. The average Bonchev–Trinajstić information content (AvgIpc) is 2.60. The molecule has 0 saturated carbocycles. The second-order valence-corrected chi connectivity index (χ2v) is 7.79. The summed E-state index contributed by atoms with van der Waals surface area (Å²) in [5.41, 5.74) is 3.48. The van der Waals surface area contributed by atoms with Crippen LogP contribution in [0.2, 0.25) is 0 Å². The summed E-state index contributed by atoms with van der Waals surface area (Å²) in [6, 6.07) is 10.9. The predicted octanol–water partition coefficient (Wildman–Crippen LogP) is 5.82. The van der Waals surface area contributed by atoms with E-state index in [4.69, 9.17) is 0 Å². The number of Topliss-reactive ketones (excluding diaryl/α,β-unsaturated/α-hetero) is 1. The van der Waals surface area contributed by atoms with E-state index in [0.717, 1.165) is 11.1 Å². The molecule has 0 radical (unpaired) electrons. The highest BCUT2D eigenvalue weighted by atomic mass is 16.3. The van der Waals surface area contributed by atoms with E-state index < -0.39 is 11.8 Å². The molecule has 0 bridgehead atoms. The topological polar surface area (TPSA) is 57.5 Å². The number of rotatable bonds is 6. The molecule has 0 aliphatic carbocycles. The van der Waals surface area contributed by atoms with E-state index in [-0.39, 0.29) is 17.3 Å². The molecule has 2 atom stereocenters. The molecule has 0 spiro atoms. The Hall–Kier alpha value is -2.29. The summed E-state index contributed by atoms with van der Waals surface area (Å²) in [5.74, 6) is 0.000849. The van der Waals surface area contributed by atoms with Crippen LogP contribution in [0.1, 0.15) is 87.5 Å².